The van der Waals surface area contributed by atoms with E-state index >= 15 is 0 Å². The average molecular weight is 251 g/mol. The second kappa shape index (κ2) is 3.80. The van der Waals surface area contributed by atoms with Crippen LogP contribution in [0.3, 0.4) is 0 Å². The Morgan fingerprint density at radius 3 is 2.29 bits per heavy atom. The molecule has 0 aliphatic heterocycles. The van der Waals surface area contributed by atoms with Crippen LogP contribution >= 0.6 is 11.5 Å². The Balaban J connectivity index is 2.48. The van der Waals surface area contributed by atoms with Crippen molar-refractivity contribution in [3.63, 3.8) is 0 Å². The molecule has 0 aliphatic rings. The van der Waals surface area contributed by atoms with Crippen LogP contribution in [0.2, 0.25) is 0 Å². The molecule has 0 unspecified atom stereocenters. The molecule has 0 amide bonds. The van der Waals surface area contributed by atoms with Crippen LogP contribution in [0.5, 0.6) is 0 Å². The van der Waals surface area contributed by atoms with Gasteiger partial charge in [-0.15, -0.1) is 0 Å². The average Bonchev–Trinajstić information content (AvgIpc) is 2.79. The SMILES string of the molecule is Cc1nn(-c2nc(C(C)(C)C)ns2)c(C)c1N. The number of anilines is 1. The number of nitrogens with two attached hydrogens (primary N) is 1. The van der Waals surface area contributed by atoms with E-state index in [1.54, 1.807) is 4.68 Å². The van der Waals surface area contributed by atoms with Crippen molar-refractivity contribution in [2.45, 2.75) is 40.0 Å². The summed E-state index contributed by atoms with van der Waals surface area (Å²) in [5.74, 6) is 0.837. The maximum Gasteiger partial charge on any atom is 0.230 e. The van der Waals surface area contributed by atoms with Gasteiger partial charge < -0.3 is 5.73 Å². The van der Waals surface area contributed by atoms with Gasteiger partial charge >= 0.3 is 0 Å². The summed E-state index contributed by atoms with van der Waals surface area (Å²) in [6.45, 7) is 10.1. The van der Waals surface area contributed by atoms with Crippen LogP contribution in [0, 0.1) is 13.8 Å². The summed E-state index contributed by atoms with van der Waals surface area (Å²) < 4.78 is 6.13. The van der Waals surface area contributed by atoms with Crippen molar-refractivity contribution in [2.75, 3.05) is 5.73 Å². The molecule has 0 aromatic carbocycles. The number of aromatic nitrogens is 4. The Hall–Kier alpha value is -1.43. The molecule has 0 fully saturated rings. The zero-order valence-electron chi connectivity index (χ0n) is 10.8. The molecule has 2 heterocycles. The monoisotopic (exact) mass is 251 g/mol. The highest BCUT2D eigenvalue weighted by atomic mass is 32.1. The summed E-state index contributed by atoms with van der Waals surface area (Å²) in [6, 6.07) is 0. The third kappa shape index (κ3) is 2.04. The second-order valence-electron chi connectivity index (χ2n) is 5.15. The molecule has 0 bridgehead atoms. The van der Waals surface area contributed by atoms with E-state index in [4.69, 9.17) is 5.73 Å². The standard InChI is InChI=1S/C11H17N5S/c1-6-8(12)7(2)16(14-6)10-13-9(15-17-10)11(3,4)5/h12H2,1-5H3. The van der Waals surface area contributed by atoms with Crippen molar-refractivity contribution in [3.05, 3.63) is 17.2 Å². The maximum absolute atomic E-state index is 5.91. The van der Waals surface area contributed by atoms with Crippen molar-refractivity contribution in [3.8, 4) is 5.13 Å². The Bertz CT molecular complexity index is 547. The molecule has 0 spiro atoms. The number of nitrogen functional groups attached to an aromatic ring is 1. The molecule has 0 aliphatic carbocycles. The normalized spacial score (nSPS) is 12.1. The molecule has 17 heavy (non-hydrogen) atoms. The zero-order chi connectivity index (χ0) is 12.8. The molecular weight excluding hydrogens is 234 g/mol. The highest BCUT2D eigenvalue weighted by Gasteiger charge is 2.21. The van der Waals surface area contributed by atoms with Gasteiger partial charge in [0.1, 0.15) is 5.82 Å². The minimum absolute atomic E-state index is 0.0452. The van der Waals surface area contributed by atoms with Gasteiger partial charge in [0.2, 0.25) is 5.13 Å². The number of rotatable bonds is 1. The Labute approximate surface area is 105 Å². The molecule has 0 saturated carbocycles. The van der Waals surface area contributed by atoms with Crippen LogP contribution in [-0.4, -0.2) is 19.1 Å². The summed E-state index contributed by atoms with van der Waals surface area (Å²) >= 11 is 1.35. The number of nitrogens with zero attached hydrogens (tertiary/aromatic N) is 4. The van der Waals surface area contributed by atoms with E-state index in [2.05, 4.69) is 35.2 Å². The molecule has 2 aromatic rings. The fourth-order valence-corrected chi connectivity index (χ4v) is 2.31. The Morgan fingerprint density at radius 2 is 1.88 bits per heavy atom. The topological polar surface area (TPSA) is 69.6 Å². The number of aryl methyl sites for hydroxylation is 1. The van der Waals surface area contributed by atoms with E-state index in [1.165, 1.54) is 11.5 Å². The van der Waals surface area contributed by atoms with Gasteiger partial charge in [-0.25, -0.2) is 9.67 Å². The van der Waals surface area contributed by atoms with E-state index in [1.807, 2.05) is 13.8 Å². The summed E-state index contributed by atoms with van der Waals surface area (Å²) in [4.78, 5) is 4.52. The first-order chi connectivity index (χ1) is 7.80. The van der Waals surface area contributed by atoms with Gasteiger partial charge in [0.25, 0.3) is 0 Å². The smallest absolute Gasteiger partial charge is 0.230 e. The van der Waals surface area contributed by atoms with E-state index in [-0.39, 0.29) is 5.41 Å². The van der Waals surface area contributed by atoms with Crippen molar-refractivity contribution < 1.29 is 0 Å². The van der Waals surface area contributed by atoms with Gasteiger partial charge in [-0.05, 0) is 13.8 Å². The Kier molecular flexibility index (Phi) is 2.69. The van der Waals surface area contributed by atoms with Gasteiger partial charge in [-0.2, -0.15) is 9.47 Å². The lowest BCUT2D eigenvalue weighted by Gasteiger charge is -2.12. The van der Waals surface area contributed by atoms with Crippen LogP contribution in [0.15, 0.2) is 0 Å². The van der Waals surface area contributed by atoms with E-state index in [0.29, 0.717) is 0 Å². The third-order valence-corrected chi connectivity index (χ3v) is 3.31. The van der Waals surface area contributed by atoms with Crippen molar-refractivity contribution in [1.82, 2.24) is 19.1 Å². The second-order valence-corrected chi connectivity index (χ2v) is 5.88. The highest BCUT2D eigenvalue weighted by molar-refractivity contribution is 7.08. The maximum atomic E-state index is 5.91. The largest absolute Gasteiger partial charge is 0.396 e. The summed E-state index contributed by atoms with van der Waals surface area (Å²) in [5, 5.41) is 5.15. The zero-order valence-corrected chi connectivity index (χ0v) is 11.6. The molecule has 2 aromatic heterocycles. The van der Waals surface area contributed by atoms with E-state index in [9.17, 15) is 0 Å². The minimum Gasteiger partial charge on any atom is -0.396 e. The van der Waals surface area contributed by atoms with Crippen LogP contribution < -0.4 is 5.73 Å². The van der Waals surface area contributed by atoms with Crippen LogP contribution in [0.25, 0.3) is 5.13 Å². The minimum atomic E-state index is -0.0452. The van der Waals surface area contributed by atoms with E-state index < -0.39 is 0 Å². The molecule has 2 N–H and O–H groups in total. The molecule has 0 atom stereocenters. The molecular formula is C11H17N5S. The summed E-state index contributed by atoms with van der Waals surface area (Å²) in [7, 11) is 0. The molecule has 5 nitrogen and oxygen atoms in total. The quantitative estimate of drug-likeness (QED) is 0.843. The molecule has 2 rings (SSSR count). The van der Waals surface area contributed by atoms with Crippen molar-refractivity contribution >= 4 is 17.2 Å². The van der Waals surface area contributed by atoms with Gasteiger partial charge in [-0.1, -0.05) is 20.8 Å². The van der Waals surface area contributed by atoms with Gasteiger partial charge in [-0.3, -0.25) is 0 Å². The van der Waals surface area contributed by atoms with Crippen LogP contribution in [-0.2, 0) is 5.41 Å². The molecule has 92 valence electrons. The molecule has 6 heteroatoms. The van der Waals surface area contributed by atoms with Gasteiger partial charge in [0.05, 0.1) is 17.1 Å². The summed E-state index contributed by atoms with van der Waals surface area (Å²) in [5.41, 5.74) is 8.32. The Morgan fingerprint density at radius 1 is 1.24 bits per heavy atom. The fraction of sp³-hybridized carbons (Fsp3) is 0.545. The lowest BCUT2D eigenvalue weighted by atomic mass is 9.96. The predicted octanol–water partition coefficient (Wildman–Crippen LogP) is 2.22. The highest BCUT2D eigenvalue weighted by Crippen LogP contribution is 2.25. The fourth-order valence-electron chi connectivity index (χ4n) is 1.45. The first-order valence-corrected chi connectivity index (χ1v) is 6.24. The third-order valence-electron chi connectivity index (χ3n) is 2.61. The summed E-state index contributed by atoms with van der Waals surface area (Å²) in [6.07, 6.45) is 0. The van der Waals surface area contributed by atoms with Gasteiger partial charge in [0, 0.05) is 16.9 Å². The molecule has 0 saturated heterocycles. The first-order valence-electron chi connectivity index (χ1n) is 5.47. The van der Waals surface area contributed by atoms with Crippen LogP contribution in [0.4, 0.5) is 5.69 Å². The van der Waals surface area contributed by atoms with Gasteiger partial charge in [0.15, 0.2) is 0 Å². The number of hydrogen-bond acceptors (Lipinski definition) is 5. The lowest BCUT2D eigenvalue weighted by Crippen LogP contribution is -2.13. The predicted molar refractivity (Wildman–Crippen MR) is 69.6 cm³/mol. The molecule has 0 radical (unpaired) electrons. The van der Waals surface area contributed by atoms with Crippen molar-refractivity contribution in [2.24, 2.45) is 0 Å². The van der Waals surface area contributed by atoms with Crippen LogP contribution in [0.1, 0.15) is 38.0 Å². The number of hydrogen-bond donors (Lipinski definition) is 1. The van der Waals surface area contributed by atoms with Crippen molar-refractivity contribution in [1.29, 1.82) is 0 Å². The van der Waals surface area contributed by atoms with E-state index in [0.717, 1.165) is 28.0 Å². The first kappa shape index (κ1) is 12.0. The lowest BCUT2D eigenvalue weighted by molar-refractivity contribution is 0.553.